The normalized spacial score (nSPS) is 10.6. The number of nitrogens with two attached hydrogens (primary N) is 1. The van der Waals surface area contributed by atoms with Gasteiger partial charge < -0.3 is 15.2 Å². The number of rotatable bonds is 3. The van der Waals surface area contributed by atoms with Gasteiger partial charge in [-0.25, -0.2) is 0 Å². The molecule has 2 rings (SSSR count). The lowest BCUT2D eigenvalue weighted by molar-refractivity contribution is 0.399. The Morgan fingerprint density at radius 1 is 1.11 bits per heavy atom. The molecule has 0 aliphatic heterocycles. The van der Waals surface area contributed by atoms with Crippen LogP contribution in [0, 0.1) is 13.8 Å². The highest BCUT2D eigenvalue weighted by Crippen LogP contribution is 2.41. The van der Waals surface area contributed by atoms with Gasteiger partial charge in [0.25, 0.3) is 0 Å². The van der Waals surface area contributed by atoms with E-state index in [9.17, 15) is 0 Å². The number of nitrogens with zero attached hydrogens (tertiary/aromatic N) is 2. The number of hydrogen-bond acceptors (Lipinski definition) is 4. The van der Waals surface area contributed by atoms with E-state index in [0.717, 1.165) is 33.8 Å². The molecule has 0 radical (unpaired) electrons. The second kappa shape index (κ2) is 4.84. The number of hydrogen-bond donors (Lipinski definition) is 1. The maximum atomic E-state index is 6.04. The Kier molecular flexibility index (Phi) is 3.38. The molecule has 0 atom stereocenters. The molecule has 2 N–H and O–H groups in total. The molecule has 0 unspecified atom stereocenters. The summed E-state index contributed by atoms with van der Waals surface area (Å²) in [4.78, 5) is 0. The van der Waals surface area contributed by atoms with Crippen LogP contribution in [-0.4, -0.2) is 24.0 Å². The third-order valence-electron chi connectivity index (χ3n) is 3.49. The fourth-order valence-corrected chi connectivity index (χ4v) is 2.19. The van der Waals surface area contributed by atoms with Gasteiger partial charge in [-0.05, 0) is 31.0 Å². The minimum Gasteiger partial charge on any atom is -0.496 e. The van der Waals surface area contributed by atoms with E-state index in [1.54, 1.807) is 25.1 Å². The Bertz CT molecular complexity index is 618. The first-order chi connectivity index (χ1) is 9.01. The quantitative estimate of drug-likeness (QED) is 0.921. The Morgan fingerprint density at radius 3 is 2.26 bits per heavy atom. The summed E-state index contributed by atoms with van der Waals surface area (Å²) >= 11 is 0. The van der Waals surface area contributed by atoms with E-state index < -0.39 is 0 Å². The third kappa shape index (κ3) is 2.01. The van der Waals surface area contributed by atoms with Crippen LogP contribution in [0.5, 0.6) is 11.5 Å². The van der Waals surface area contributed by atoms with Crippen molar-refractivity contribution in [2.24, 2.45) is 7.05 Å². The van der Waals surface area contributed by atoms with E-state index in [2.05, 4.69) is 5.10 Å². The molecular formula is C14H19N3O2. The van der Waals surface area contributed by atoms with Crippen LogP contribution >= 0.6 is 0 Å². The molecule has 2 aromatic rings. The number of aromatic nitrogens is 2. The van der Waals surface area contributed by atoms with E-state index >= 15 is 0 Å². The highest BCUT2D eigenvalue weighted by molar-refractivity contribution is 5.81. The van der Waals surface area contributed by atoms with Crippen LogP contribution in [0.25, 0.3) is 11.1 Å². The van der Waals surface area contributed by atoms with Crippen LogP contribution in [0.2, 0.25) is 0 Å². The van der Waals surface area contributed by atoms with Crippen LogP contribution < -0.4 is 15.2 Å². The van der Waals surface area contributed by atoms with Crippen molar-refractivity contribution in [2.45, 2.75) is 13.8 Å². The first-order valence-corrected chi connectivity index (χ1v) is 6.01. The van der Waals surface area contributed by atoms with Gasteiger partial charge in [-0.3, -0.25) is 4.68 Å². The average Bonchev–Trinajstić information content (AvgIpc) is 2.73. The van der Waals surface area contributed by atoms with Crippen molar-refractivity contribution >= 4 is 5.82 Å². The van der Waals surface area contributed by atoms with Gasteiger partial charge in [0.2, 0.25) is 0 Å². The van der Waals surface area contributed by atoms with Crippen molar-refractivity contribution in [2.75, 3.05) is 20.0 Å². The molecule has 0 saturated carbocycles. The largest absolute Gasteiger partial charge is 0.496 e. The van der Waals surface area contributed by atoms with Crippen molar-refractivity contribution in [3.63, 3.8) is 0 Å². The van der Waals surface area contributed by atoms with Crippen molar-refractivity contribution in [3.05, 3.63) is 23.4 Å². The summed E-state index contributed by atoms with van der Waals surface area (Å²) in [5.41, 5.74) is 9.89. The molecule has 0 fully saturated rings. The third-order valence-corrected chi connectivity index (χ3v) is 3.49. The number of ether oxygens (including phenoxy) is 2. The monoisotopic (exact) mass is 261 g/mol. The highest BCUT2D eigenvalue weighted by atomic mass is 16.5. The standard InChI is InChI=1S/C14H19N3O2/c1-8-9(2)13(19-5)10(6-12(8)18-4)11-7-16-17(3)14(11)15/h6-7H,15H2,1-5H3. The van der Waals surface area contributed by atoms with E-state index in [4.69, 9.17) is 15.2 Å². The van der Waals surface area contributed by atoms with Crippen LogP contribution in [0.3, 0.4) is 0 Å². The SMILES string of the molecule is COc1cc(-c2cnn(C)c2N)c(OC)c(C)c1C. The van der Waals surface area contributed by atoms with E-state index in [1.165, 1.54) is 0 Å². The summed E-state index contributed by atoms with van der Waals surface area (Å²) < 4.78 is 12.6. The zero-order valence-electron chi connectivity index (χ0n) is 11.9. The molecule has 5 heteroatoms. The van der Waals surface area contributed by atoms with Gasteiger partial charge in [0, 0.05) is 18.2 Å². The summed E-state index contributed by atoms with van der Waals surface area (Å²) in [6.45, 7) is 4.01. The Hall–Kier alpha value is -2.17. The zero-order chi connectivity index (χ0) is 14.2. The summed E-state index contributed by atoms with van der Waals surface area (Å²) in [5.74, 6) is 2.22. The van der Waals surface area contributed by atoms with Gasteiger partial charge in [-0.15, -0.1) is 0 Å². The summed E-state index contributed by atoms with van der Waals surface area (Å²) in [6, 6.07) is 1.94. The van der Waals surface area contributed by atoms with Gasteiger partial charge >= 0.3 is 0 Å². The van der Waals surface area contributed by atoms with Crippen molar-refractivity contribution in [3.8, 4) is 22.6 Å². The van der Waals surface area contributed by atoms with Crippen molar-refractivity contribution in [1.29, 1.82) is 0 Å². The van der Waals surface area contributed by atoms with Gasteiger partial charge in [0.1, 0.15) is 17.3 Å². The molecule has 5 nitrogen and oxygen atoms in total. The molecule has 1 heterocycles. The van der Waals surface area contributed by atoms with Gasteiger partial charge in [-0.2, -0.15) is 5.10 Å². The fourth-order valence-electron chi connectivity index (χ4n) is 2.19. The van der Waals surface area contributed by atoms with E-state index in [1.807, 2.05) is 27.0 Å². The lowest BCUT2D eigenvalue weighted by atomic mass is 9.99. The van der Waals surface area contributed by atoms with E-state index in [-0.39, 0.29) is 0 Å². The molecule has 0 aliphatic rings. The molecule has 102 valence electrons. The molecule has 0 saturated heterocycles. The summed E-state index contributed by atoms with van der Waals surface area (Å²) in [6.07, 6.45) is 1.74. The first kappa shape index (κ1) is 13.3. The predicted molar refractivity (Wildman–Crippen MR) is 75.6 cm³/mol. The molecule has 1 aromatic carbocycles. The van der Waals surface area contributed by atoms with Gasteiger partial charge in [-0.1, -0.05) is 0 Å². The zero-order valence-corrected chi connectivity index (χ0v) is 11.9. The molecule has 0 spiro atoms. The highest BCUT2D eigenvalue weighted by Gasteiger charge is 2.18. The van der Waals surface area contributed by atoms with Crippen molar-refractivity contribution in [1.82, 2.24) is 9.78 Å². The minimum absolute atomic E-state index is 0.601. The minimum atomic E-state index is 0.601. The molecule has 0 aliphatic carbocycles. The first-order valence-electron chi connectivity index (χ1n) is 6.01. The number of benzene rings is 1. The Morgan fingerprint density at radius 2 is 1.79 bits per heavy atom. The molecule has 1 aromatic heterocycles. The molecular weight excluding hydrogens is 242 g/mol. The summed E-state index contributed by atoms with van der Waals surface area (Å²) in [5, 5.41) is 4.17. The van der Waals surface area contributed by atoms with Crippen LogP contribution in [0.15, 0.2) is 12.3 Å². The lowest BCUT2D eigenvalue weighted by Gasteiger charge is -2.16. The van der Waals surface area contributed by atoms with Gasteiger partial charge in [0.15, 0.2) is 0 Å². The number of methoxy groups -OCH3 is 2. The second-order valence-corrected chi connectivity index (χ2v) is 4.48. The molecule has 19 heavy (non-hydrogen) atoms. The smallest absolute Gasteiger partial charge is 0.130 e. The number of anilines is 1. The molecule has 0 amide bonds. The van der Waals surface area contributed by atoms with E-state index in [0.29, 0.717) is 5.82 Å². The van der Waals surface area contributed by atoms with Crippen LogP contribution in [-0.2, 0) is 7.05 Å². The lowest BCUT2D eigenvalue weighted by Crippen LogP contribution is -2.00. The van der Waals surface area contributed by atoms with Crippen LogP contribution in [0.4, 0.5) is 5.82 Å². The topological polar surface area (TPSA) is 62.3 Å². The fraction of sp³-hybridized carbons (Fsp3) is 0.357. The average molecular weight is 261 g/mol. The maximum absolute atomic E-state index is 6.04. The maximum Gasteiger partial charge on any atom is 0.130 e. The number of aryl methyl sites for hydroxylation is 1. The molecule has 0 bridgehead atoms. The summed E-state index contributed by atoms with van der Waals surface area (Å²) in [7, 11) is 5.12. The van der Waals surface area contributed by atoms with Gasteiger partial charge in [0.05, 0.1) is 20.4 Å². The second-order valence-electron chi connectivity index (χ2n) is 4.48. The number of nitrogen functional groups attached to an aromatic ring is 1. The Labute approximate surface area is 112 Å². The van der Waals surface area contributed by atoms with Crippen LogP contribution in [0.1, 0.15) is 11.1 Å². The predicted octanol–water partition coefficient (Wildman–Crippen LogP) is 2.30. The Balaban J connectivity index is 2.75. The van der Waals surface area contributed by atoms with Crippen molar-refractivity contribution < 1.29 is 9.47 Å².